The molecule has 136 valence electrons. The van der Waals surface area contributed by atoms with E-state index >= 15 is 0 Å². The number of benzene rings is 2. The highest BCUT2D eigenvalue weighted by molar-refractivity contribution is 6.30. The highest BCUT2D eigenvalue weighted by atomic mass is 35.5. The summed E-state index contributed by atoms with van der Waals surface area (Å²) in [6, 6.07) is 17.3. The van der Waals surface area contributed by atoms with Crippen LogP contribution >= 0.6 is 24.0 Å². The van der Waals surface area contributed by atoms with Crippen molar-refractivity contribution in [3.05, 3.63) is 70.7 Å². The number of halogens is 2. The van der Waals surface area contributed by atoms with E-state index in [1.165, 1.54) is 0 Å². The molecule has 1 amide bonds. The Hall–Kier alpha value is -1.55. The molecule has 0 bridgehead atoms. The van der Waals surface area contributed by atoms with Crippen LogP contribution in [-0.4, -0.2) is 23.9 Å². The molecule has 2 rings (SSSR count). The van der Waals surface area contributed by atoms with Crippen LogP contribution in [0.1, 0.15) is 31.0 Å². The molecule has 2 aromatic carbocycles. The molecule has 3 atom stereocenters. The summed E-state index contributed by atoms with van der Waals surface area (Å²) >= 11 is 5.92. The first-order chi connectivity index (χ1) is 11.4. The van der Waals surface area contributed by atoms with Gasteiger partial charge in [-0.25, -0.2) is 0 Å². The molecule has 0 aromatic heterocycles. The largest absolute Gasteiger partial charge is 0.342 e. The Bertz CT molecular complexity index is 661. The van der Waals surface area contributed by atoms with Gasteiger partial charge in [-0.05, 0) is 36.6 Å². The summed E-state index contributed by atoms with van der Waals surface area (Å²) in [5, 5.41) is 0.721. The molecule has 5 heteroatoms. The van der Waals surface area contributed by atoms with Crippen molar-refractivity contribution >= 4 is 29.9 Å². The third-order valence-corrected chi connectivity index (χ3v) is 4.82. The predicted molar refractivity (Wildman–Crippen MR) is 107 cm³/mol. The molecule has 2 aromatic rings. The molecule has 0 heterocycles. The van der Waals surface area contributed by atoms with Gasteiger partial charge >= 0.3 is 0 Å². The molecular formula is C20H26Cl2N2O. The van der Waals surface area contributed by atoms with E-state index in [0.29, 0.717) is 0 Å². The number of hydrogen-bond donors (Lipinski definition) is 1. The Balaban J connectivity index is 0.00000312. The first kappa shape index (κ1) is 21.5. The molecule has 0 spiro atoms. The van der Waals surface area contributed by atoms with Crippen molar-refractivity contribution in [1.82, 2.24) is 4.90 Å². The lowest BCUT2D eigenvalue weighted by Gasteiger charge is -2.30. The first-order valence-corrected chi connectivity index (χ1v) is 8.59. The van der Waals surface area contributed by atoms with Crippen LogP contribution in [0.15, 0.2) is 54.6 Å². The maximum atomic E-state index is 12.8. The molecule has 0 radical (unpaired) electrons. The summed E-state index contributed by atoms with van der Waals surface area (Å²) in [4.78, 5) is 14.6. The summed E-state index contributed by atoms with van der Waals surface area (Å²) in [5.74, 6) is -0.210. The predicted octanol–water partition coefficient (Wildman–Crippen LogP) is 4.49. The van der Waals surface area contributed by atoms with E-state index in [0.717, 1.165) is 22.6 Å². The maximum absolute atomic E-state index is 12.8. The van der Waals surface area contributed by atoms with Crippen molar-refractivity contribution in [2.75, 3.05) is 7.05 Å². The van der Waals surface area contributed by atoms with Gasteiger partial charge in [0.15, 0.2) is 0 Å². The molecule has 25 heavy (non-hydrogen) atoms. The lowest BCUT2D eigenvalue weighted by molar-refractivity contribution is -0.136. The van der Waals surface area contributed by atoms with E-state index in [2.05, 4.69) is 0 Å². The Morgan fingerprint density at radius 1 is 1.08 bits per heavy atom. The second-order valence-corrected chi connectivity index (χ2v) is 6.79. The normalized spacial score (nSPS) is 14.1. The van der Waals surface area contributed by atoms with Gasteiger partial charge in [0, 0.05) is 24.2 Å². The van der Waals surface area contributed by atoms with E-state index in [-0.39, 0.29) is 36.3 Å². The maximum Gasteiger partial charge on any atom is 0.227 e. The monoisotopic (exact) mass is 380 g/mol. The average molecular weight is 381 g/mol. The fraction of sp³-hybridized carbons (Fsp3) is 0.350. The molecule has 0 aliphatic carbocycles. The van der Waals surface area contributed by atoms with Crippen LogP contribution in [0.2, 0.25) is 5.02 Å². The van der Waals surface area contributed by atoms with E-state index < -0.39 is 0 Å². The lowest BCUT2D eigenvalue weighted by atomic mass is 9.93. The minimum Gasteiger partial charge on any atom is -0.342 e. The van der Waals surface area contributed by atoms with Crippen molar-refractivity contribution < 1.29 is 4.79 Å². The molecule has 0 saturated heterocycles. The van der Waals surface area contributed by atoms with Crippen LogP contribution in [0.5, 0.6) is 0 Å². The molecule has 0 aliphatic rings. The number of amides is 1. The van der Waals surface area contributed by atoms with E-state index in [1.807, 2.05) is 75.5 Å². The summed E-state index contributed by atoms with van der Waals surface area (Å²) < 4.78 is 0. The molecule has 0 saturated carbocycles. The Kier molecular flexibility index (Phi) is 8.43. The zero-order valence-corrected chi connectivity index (χ0v) is 16.4. The highest BCUT2D eigenvalue weighted by Gasteiger charge is 2.27. The van der Waals surface area contributed by atoms with Gasteiger partial charge in [0.25, 0.3) is 0 Å². The van der Waals surface area contributed by atoms with Crippen LogP contribution in [0.4, 0.5) is 0 Å². The smallest absolute Gasteiger partial charge is 0.227 e. The second kappa shape index (κ2) is 9.81. The number of nitrogens with zero attached hydrogens (tertiary/aromatic N) is 1. The fourth-order valence-corrected chi connectivity index (χ4v) is 2.88. The number of hydrogen-bond acceptors (Lipinski definition) is 2. The molecular weight excluding hydrogens is 355 g/mol. The van der Waals surface area contributed by atoms with Crippen molar-refractivity contribution in [1.29, 1.82) is 0 Å². The van der Waals surface area contributed by atoms with Gasteiger partial charge in [0.05, 0.1) is 5.92 Å². The highest BCUT2D eigenvalue weighted by Crippen LogP contribution is 2.22. The SMILES string of the molecule is CC(C(=O)N(C)C(C)Cc1ccc(Cl)cc1)C(N)c1ccccc1.Cl. The second-order valence-electron chi connectivity index (χ2n) is 6.35. The van der Waals surface area contributed by atoms with Gasteiger partial charge in [-0.3, -0.25) is 4.79 Å². The van der Waals surface area contributed by atoms with Crippen molar-refractivity contribution in [3.8, 4) is 0 Å². The van der Waals surface area contributed by atoms with Gasteiger partial charge in [0.2, 0.25) is 5.91 Å². The standard InChI is InChI=1S/C20H25ClN2O.ClH/c1-14(13-16-9-11-18(21)12-10-16)23(3)20(24)15(2)19(22)17-7-5-4-6-8-17;/h4-12,14-15,19H,13,22H2,1-3H3;1H. The van der Waals surface area contributed by atoms with E-state index in [4.69, 9.17) is 17.3 Å². The Morgan fingerprint density at radius 2 is 1.64 bits per heavy atom. The minimum absolute atomic E-state index is 0. The third-order valence-electron chi connectivity index (χ3n) is 4.57. The third kappa shape index (κ3) is 5.74. The average Bonchev–Trinajstić information content (AvgIpc) is 2.61. The van der Waals surface area contributed by atoms with E-state index in [9.17, 15) is 4.79 Å². The topological polar surface area (TPSA) is 46.3 Å². The molecule has 0 fully saturated rings. The zero-order valence-electron chi connectivity index (χ0n) is 14.9. The van der Waals surface area contributed by atoms with Gasteiger partial charge in [-0.1, -0.05) is 61.0 Å². The summed E-state index contributed by atoms with van der Waals surface area (Å²) in [5.41, 5.74) is 8.43. The fourth-order valence-electron chi connectivity index (χ4n) is 2.75. The summed E-state index contributed by atoms with van der Waals surface area (Å²) in [7, 11) is 1.84. The van der Waals surface area contributed by atoms with Crippen LogP contribution in [0.3, 0.4) is 0 Å². The molecule has 3 unspecified atom stereocenters. The number of carbonyl (C=O) groups is 1. The number of nitrogens with two attached hydrogens (primary N) is 1. The minimum atomic E-state index is -0.302. The molecule has 3 nitrogen and oxygen atoms in total. The van der Waals surface area contributed by atoms with Gasteiger partial charge in [0.1, 0.15) is 0 Å². The van der Waals surface area contributed by atoms with E-state index in [1.54, 1.807) is 4.90 Å². The Morgan fingerprint density at radius 3 is 2.20 bits per heavy atom. The molecule has 0 aliphatic heterocycles. The lowest BCUT2D eigenvalue weighted by Crippen LogP contribution is -2.42. The van der Waals surface area contributed by atoms with Crippen molar-refractivity contribution in [2.24, 2.45) is 11.7 Å². The zero-order chi connectivity index (χ0) is 17.7. The molecule has 2 N–H and O–H groups in total. The summed E-state index contributed by atoms with van der Waals surface area (Å²) in [6.45, 7) is 3.94. The van der Waals surface area contributed by atoms with Gasteiger partial charge < -0.3 is 10.6 Å². The van der Waals surface area contributed by atoms with Crippen LogP contribution < -0.4 is 5.73 Å². The van der Waals surface area contributed by atoms with Crippen molar-refractivity contribution in [3.63, 3.8) is 0 Å². The van der Waals surface area contributed by atoms with Gasteiger partial charge in [-0.2, -0.15) is 0 Å². The number of carbonyl (C=O) groups excluding carboxylic acids is 1. The van der Waals surface area contributed by atoms with Crippen molar-refractivity contribution in [2.45, 2.75) is 32.4 Å². The number of rotatable bonds is 6. The Labute approximate surface area is 161 Å². The van der Waals surface area contributed by atoms with Crippen LogP contribution in [0, 0.1) is 5.92 Å². The van der Waals surface area contributed by atoms with Gasteiger partial charge in [-0.15, -0.1) is 12.4 Å². The quantitative estimate of drug-likeness (QED) is 0.802. The van der Waals surface area contributed by atoms with Crippen LogP contribution in [-0.2, 0) is 11.2 Å². The summed E-state index contributed by atoms with van der Waals surface area (Å²) in [6.07, 6.45) is 0.784. The first-order valence-electron chi connectivity index (χ1n) is 8.21. The van der Waals surface area contributed by atoms with Crippen LogP contribution in [0.25, 0.3) is 0 Å². The number of likely N-dealkylation sites (N-methyl/N-ethyl adjacent to an activating group) is 1.